The third kappa shape index (κ3) is 35.7. The van der Waals surface area contributed by atoms with Crippen LogP contribution in [-0.2, 0) is 27.9 Å². The summed E-state index contributed by atoms with van der Waals surface area (Å²) in [7, 11) is -4.32. The zero-order valence-electron chi connectivity index (χ0n) is 33.0. The van der Waals surface area contributed by atoms with E-state index in [1.165, 1.54) is 89.9 Å². The second-order valence-corrected chi connectivity index (χ2v) is 15.3. The molecule has 10 nitrogen and oxygen atoms in total. The van der Waals surface area contributed by atoms with Crippen LogP contribution >= 0.6 is 7.82 Å². The molecule has 0 spiro atoms. The van der Waals surface area contributed by atoms with Crippen molar-refractivity contribution in [3.05, 3.63) is 36.5 Å². The molecule has 0 rings (SSSR count). The van der Waals surface area contributed by atoms with Gasteiger partial charge in [-0.2, -0.15) is 0 Å². The largest absolute Gasteiger partial charge is 0.472 e. The number of phosphoric acid groups is 1. The highest BCUT2D eigenvalue weighted by Gasteiger charge is 2.25. The lowest BCUT2D eigenvalue weighted by molar-refractivity contribution is -0.154. The number of nitrogens with two attached hydrogens (primary N) is 1. The molecule has 0 saturated heterocycles. The van der Waals surface area contributed by atoms with Gasteiger partial charge in [0.15, 0.2) is 0 Å². The Balaban J connectivity index is 4.26. The fraction of sp³-hybridized carbons (Fsp3) is 0.829. The predicted molar refractivity (Wildman–Crippen MR) is 213 cm³/mol. The average molecular weight is 760 g/mol. The highest BCUT2D eigenvalue weighted by atomic mass is 31.2. The zero-order chi connectivity index (χ0) is 38.4. The second-order valence-electron chi connectivity index (χ2n) is 13.8. The first-order chi connectivity index (χ1) is 25.3. The van der Waals surface area contributed by atoms with Crippen LogP contribution in [0.3, 0.4) is 0 Å². The summed E-state index contributed by atoms with van der Waals surface area (Å²) in [5.41, 5.74) is 5.35. The van der Waals surface area contributed by atoms with E-state index in [9.17, 15) is 24.5 Å². The van der Waals surface area contributed by atoms with Crippen LogP contribution in [0.25, 0.3) is 0 Å². The number of carbonyl (C=O) groups is 1. The molecule has 0 fully saturated rings. The van der Waals surface area contributed by atoms with Crippen molar-refractivity contribution in [2.24, 2.45) is 5.73 Å². The quantitative estimate of drug-likeness (QED) is 0.0206. The highest BCUT2D eigenvalue weighted by Crippen LogP contribution is 2.43. The Morgan fingerprint density at radius 1 is 0.635 bits per heavy atom. The molecule has 0 aromatic heterocycles. The van der Waals surface area contributed by atoms with E-state index < -0.39 is 32.1 Å². The van der Waals surface area contributed by atoms with Gasteiger partial charge in [0, 0.05) is 19.6 Å². The molecule has 0 aliphatic rings. The van der Waals surface area contributed by atoms with Crippen molar-refractivity contribution >= 4 is 13.8 Å². The first-order valence-electron chi connectivity index (χ1n) is 20.7. The molecule has 52 heavy (non-hydrogen) atoms. The number of allylic oxidation sites excluding steroid dienone is 4. The smallest absolute Gasteiger partial charge is 0.457 e. The van der Waals surface area contributed by atoms with Gasteiger partial charge in [-0.3, -0.25) is 13.8 Å². The SMILES string of the molecule is CCCCC/C=C/CC(O)C(O)C/C=C\C/C=C\CCCC(=O)OC(COCCCCCCCCCCCCCCCC)COP(=O)(O)OCCN. The molecule has 4 unspecified atom stereocenters. The molecule has 4 atom stereocenters. The number of carbonyl (C=O) groups excluding carboxylic acids is 1. The fourth-order valence-corrected chi connectivity index (χ4v) is 6.29. The van der Waals surface area contributed by atoms with Gasteiger partial charge in [0.2, 0.25) is 0 Å². The third-order valence-corrected chi connectivity index (χ3v) is 9.72. The molecule has 0 aliphatic carbocycles. The molecule has 5 N–H and O–H groups in total. The number of rotatable bonds is 39. The zero-order valence-corrected chi connectivity index (χ0v) is 33.9. The molecular weight excluding hydrogens is 681 g/mol. The number of ether oxygens (including phenoxy) is 2. The van der Waals surface area contributed by atoms with E-state index in [-0.39, 0.29) is 32.8 Å². The Morgan fingerprint density at radius 3 is 1.73 bits per heavy atom. The van der Waals surface area contributed by atoms with Crippen LogP contribution in [0.2, 0.25) is 0 Å². The van der Waals surface area contributed by atoms with E-state index in [0.29, 0.717) is 38.7 Å². The first-order valence-corrected chi connectivity index (χ1v) is 22.2. The molecule has 0 aliphatic heterocycles. The van der Waals surface area contributed by atoms with Crippen LogP contribution in [0.5, 0.6) is 0 Å². The highest BCUT2D eigenvalue weighted by molar-refractivity contribution is 7.47. The number of hydrogen-bond acceptors (Lipinski definition) is 9. The summed E-state index contributed by atoms with van der Waals surface area (Å²) in [6.45, 7) is 4.63. The molecule has 0 bridgehead atoms. The van der Waals surface area contributed by atoms with Gasteiger partial charge in [0.05, 0.1) is 32.0 Å². The molecule has 0 aromatic rings. The van der Waals surface area contributed by atoms with Crippen LogP contribution < -0.4 is 5.73 Å². The number of esters is 1. The normalized spacial score (nSPS) is 15.1. The average Bonchev–Trinajstić information content (AvgIpc) is 3.13. The molecule has 0 aromatic carbocycles. The topological polar surface area (TPSA) is 158 Å². The molecule has 0 radical (unpaired) electrons. The fourth-order valence-electron chi connectivity index (χ4n) is 5.53. The van der Waals surface area contributed by atoms with Gasteiger partial charge in [-0.25, -0.2) is 4.57 Å². The maximum Gasteiger partial charge on any atom is 0.472 e. The van der Waals surface area contributed by atoms with Crippen molar-refractivity contribution in [2.75, 3.05) is 33.0 Å². The Bertz CT molecular complexity index is 930. The Hall–Kier alpha value is -1.36. The minimum absolute atomic E-state index is 0.0643. The predicted octanol–water partition coefficient (Wildman–Crippen LogP) is 9.80. The van der Waals surface area contributed by atoms with Crippen LogP contribution in [0, 0.1) is 0 Å². The van der Waals surface area contributed by atoms with Gasteiger partial charge in [-0.05, 0) is 51.4 Å². The summed E-state index contributed by atoms with van der Waals surface area (Å²) >= 11 is 0. The minimum Gasteiger partial charge on any atom is -0.457 e. The second kappa shape index (κ2) is 37.9. The van der Waals surface area contributed by atoms with Crippen LogP contribution in [0.1, 0.15) is 168 Å². The Labute approximate surface area is 317 Å². The summed E-state index contributed by atoms with van der Waals surface area (Å²) in [4.78, 5) is 22.4. The molecular formula is C41H78NO9P. The van der Waals surface area contributed by atoms with Crippen LogP contribution in [0.15, 0.2) is 36.5 Å². The van der Waals surface area contributed by atoms with Crippen molar-refractivity contribution in [3.63, 3.8) is 0 Å². The molecule has 306 valence electrons. The number of aliphatic hydroxyl groups excluding tert-OH is 2. The summed E-state index contributed by atoms with van der Waals surface area (Å²) in [5.74, 6) is -0.430. The number of phosphoric ester groups is 1. The van der Waals surface area contributed by atoms with E-state index in [4.69, 9.17) is 24.3 Å². The molecule has 0 saturated carbocycles. The Kier molecular flexibility index (Phi) is 36.9. The van der Waals surface area contributed by atoms with Crippen molar-refractivity contribution in [2.45, 2.75) is 186 Å². The summed E-state index contributed by atoms with van der Waals surface area (Å²) in [5, 5.41) is 20.3. The lowest BCUT2D eigenvalue weighted by atomic mass is 10.0. The molecule has 11 heteroatoms. The van der Waals surface area contributed by atoms with Crippen molar-refractivity contribution in [1.29, 1.82) is 0 Å². The van der Waals surface area contributed by atoms with E-state index >= 15 is 0 Å². The van der Waals surface area contributed by atoms with Gasteiger partial charge >= 0.3 is 13.8 Å². The number of hydrogen-bond donors (Lipinski definition) is 4. The van der Waals surface area contributed by atoms with Gasteiger partial charge in [0.25, 0.3) is 0 Å². The van der Waals surface area contributed by atoms with Crippen molar-refractivity contribution in [1.82, 2.24) is 0 Å². The summed E-state index contributed by atoms with van der Waals surface area (Å²) < 4.78 is 33.2. The van der Waals surface area contributed by atoms with Crippen molar-refractivity contribution in [3.8, 4) is 0 Å². The summed E-state index contributed by atoms with van der Waals surface area (Å²) in [6.07, 6.45) is 34.8. The standard InChI is InChI=1S/C41H78NO9P/c1-3-5-7-9-11-12-13-14-15-16-17-21-25-29-34-48-36-38(37-50-52(46,47)49-35-33-42)51-41(45)32-28-24-20-18-19-23-27-31-40(44)39(43)30-26-22-10-8-6-4-2/h18,20,22-23,26-27,38-40,43-44H,3-17,19,21,24-25,28-37,42H2,1-2H3,(H,46,47)/b20-18-,26-22+,27-23-. The number of aliphatic hydroxyl groups is 2. The van der Waals surface area contributed by atoms with Gasteiger partial charge in [0.1, 0.15) is 6.10 Å². The summed E-state index contributed by atoms with van der Waals surface area (Å²) in [6, 6.07) is 0. The van der Waals surface area contributed by atoms with Gasteiger partial charge in [-0.15, -0.1) is 0 Å². The monoisotopic (exact) mass is 760 g/mol. The maximum atomic E-state index is 12.5. The lowest BCUT2D eigenvalue weighted by Crippen LogP contribution is -2.28. The Morgan fingerprint density at radius 2 is 1.13 bits per heavy atom. The molecule has 0 heterocycles. The van der Waals surface area contributed by atoms with E-state index in [1.54, 1.807) is 0 Å². The first kappa shape index (κ1) is 50.6. The minimum atomic E-state index is -4.32. The van der Waals surface area contributed by atoms with E-state index in [0.717, 1.165) is 25.7 Å². The van der Waals surface area contributed by atoms with Crippen LogP contribution in [-0.4, -0.2) is 72.4 Å². The van der Waals surface area contributed by atoms with Gasteiger partial charge < -0.3 is 30.3 Å². The van der Waals surface area contributed by atoms with E-state index in [2.05, 4.69) is 19.9 Å². The van der Waals surface area contributed by atoms with E-state index in [1.807, 2.05) is 30.4 Å². The maximum absolute atomic E-state index is 12.5. The lowest BCUT2D eigenvalue weighted by Gasteiger charge is -2.20. The van der Waals surface area contributed by atoms with Crippen molar-refractivity contribution < 1.29 is 43.0 Å². The third-order valence-electron chi connectivity index (χ3n) is 8.74. The number of unbranched alkanes of at least 4 members (excludes halogenated alkanes) is 17. The van der Waals surface area contributed by atoms with Crippen LogP contribution in [0.4, 0.5) is 0 Å². The molecule has 0 amide bonds. The van der Waals surface area contributed by atoms with Gasteiger partial charge in [-0.1, -0.05) is 147 Å².